The van der Waals surface area contributed by atoms with Crippen LogP contribution in [0, 0.1) is 0 Å². The van der Waals surface area contributed by atoms with Crippen molar-refractivity contribution in [3.63, 3.8) is 0 Å². The van der Waals surface area contributed by atoms with Crippen molar-refractivity contribution in [3.8, 4) is 28.4 Å². The average molecular weight is 909 g/mol. The lowest BCUT2D eigenvalue weighted by atomic mass is 9.80. The molecule has 6 aliphatic rings. The van der Waals surface area contributed by atoms with Crippen LogP contribution in [0.3, 0.4) is 0 Å². The third kappa shape index (κ3) is 9.23. The van der Waals surface area contributed by atoms with Gasteiger partial charge in [0.2, 0.25) is 17.7 Å². The van der Waals surface area contributed by atoms with Gasteiger partial charge >= 0.3 is 6.09 Å². The lowest BCUT2D eigenvalue weighted by Crippen LogP contribution is -2.54. The summed E-state index contributed by atoms with van der Waals surface area (Å²) in [5.74, 6) is 1.28. The largest absolute Gasteiger partial charge is 0.489 e. The Balaban J connectivity index is 0.00000533. The molecule has 2 aromatic carbocycles. The minimum atomic E-state index is -0.384. The Morgan fingerprint density at radius 1 is 0.800 bits per heavy atom. The number of ether oxygens (including phenoxy) is 2. The Morgan fingerprint density at radius 2 is 1.58 bits per heavy atom. The van der Waals surface area contributed by atoms with E-state index in [4.69, 9.17) is 15.2 Å². The Hall–Kier alpha value is -5.78. The number of hydrogen-bond acceptors (Lipinski definition) is 13. The van der Waals surface area contributed by atoms with E-state index < -0.39 is 0 Å². The van der Waals surface area contributed by atoms with Crippen LogP contribution in [-0.2, 0) is 14.4 Å². The average Bonchev–Trinajstić information content (AvgIpc) is 3.82. The molecule has 1 atom stereocenters. The molecule has 5 fully saturated rings. The molecular weight excluding hydrogens is 850 g/mol. The first-order valence-corrected chi connectivity index (χ1v) is 23.2. The Labute approximate surface area is 385 Å². The zero-order valence-corrected chi connectivity index (χ0v) is 37.5. The van der Waals surface area contributed by atoms with Crippen LogP contribution in [0.25, 0.3) is 16.9 Å². The predicted octanol–water partition coefficient (Wildman–Crippen LogP) is 5.16. The summed E-state index contributed by atoms with van der Waals surface area (Å²) >= 11 is 0. The van der Waals surface area contributed by atoms with Gasteiger partial charge in [0.25, 0.3) is 0 Å². The second-order valence-electron chi connectivity index (χ2n) is 18.0. The number of halogens is 1. The topological polar surface area (TPSA) is 185 Å². The molecule has 4 amide bonds. The van der Waals surface area contributed by atoms with Gasteiger partial charge < -0.3 is 34.8 Å². The smallest absolute Gasteiger partial charge is 0.415 e. The maximum absolute atomic E-state index is 13.8. The second-order valence-corrected chi connectivity index (χ2v) is 18.0. The first-order chi connectivity index (χ1) is 31.3. The molecule has 1 aliphatic carbocycles. The van der Waals surface area contributed by atoms with Crippen molar-refractivity contribution in [2.24, 2.45) is 0 Å². The van der Waals surface area contributed by atoms with Crippen LogP contribution >= 0.6 is 12.4 Å². The van der Waals surface area contributed by atoms with E-state index in [0.717, 1.165) is 69.6 Å². The normalized spacial score (nSPS) is 23.6. The molecule has 344 valence electrons. The van der Waals surface area contributed by atoms with E-state index in [1.807, 2.05) is 30.3 Å². The van der Waals surface area contributed by atoms with Gasteiger partial charge in [-0.3, -0.25) is 24.6 Å². The van der Waals surface area contributed by atoms with E-state index in [1.54, 1.807) is 39.0 Å². The summed E-state index contributed by atoms with van der Waals surface area (Å²) in [5.41, 5.74) is 10.7. The van der Waals surface area contributed by atoms with Gasteiger partial charge in [-0.15, -0.1) is 22.6 Å². The van der Waals surface area contributed by atoms with Crippen LogP contribution in [-0.4, -0.2) is 136 Å². The number of para-hydroxylation sites is 2. The highest BCUT2D eigenvalue weighted by Crippen LogP contribution is 2.45. The number of hydrogen-bond donors (Lipinski definition) is 2. The third-order valence-corrected chi connectivity index (χ3v) is 14.3. The minimum Gasteiger partial charge on any atom is -0.489 e. The fourth-order valence-corrected chi connectivity index (χ4v) is 10.9. The number of nitrogens with two attached hydrogens (primary N) is 1. The van der Waals surface area contributed by atoms with Gasteiger partial charge in [0.05, 0.1) is 42.6 Å². The van der Waals surface area contributed by atoms with Crippen molar-refractivity contribution in [1.82, 2.24) is 40.0 Å². The fraction of sp³-hybridized carbons (Fsp3) is 0.511. The molecule has 5 aliphatic heterocycles. The van der Waals surface area contributed by atoms with E-state index in [1.165, 1.54) is 24.8 Å². The van der Waals surface area contributed by atoms with Crippen LogP contribution in [0.1, 0.15) is 82.1 Å². The second kappa shape index (κ2) is 19.4. The molecule has 1 saturated carbocycles. The summed E-state index contributed by atoms with van der Waals surface area (Å²) in [6.45, 7) is 6.31. The fourth-order valence-electron chi connectivity index (χ4n) is 10.9. The maximum Gasteiger partial charge on any atom is 0.415 e. The highest BCUT2D eigenvalue weighted by molar-refractivity contribution is 6.02. The molecule has 18 heteroatoms. The molecule has 0 radical (unpaired) electrons. The van der Waals surface area contributed by atoms with Crippen molar-refractivity contribution in [2.45, 2.75) is 94.7 Å². The van der Waals surface area contributed by atoms with Gasteiger partial charge in [-0.2, -0.15) is 5.10 Å². The Kier molecular flexibility index (Phi) is 13.2. The standard InChI is InChI=1S/C47H57N11O6.ClH/c48-45-40(27-37(51-52-45)36-7-2-3-10-41(36)64-47(62)54-21-17-33(18-22-54)53-19-4-1-5-20-53)58-29-34(28-49-58)56-24-23-55(30-43(56)60)32-13-11-31(12-14-32)35-8-6-9-38-44(35)63-26-25-57(38)39-15-16-42(59)50-46(39)61;/h2-3,6-10,27-29,31-33,39H,1,4-5,11-26,30H2,(H2,48,52)(H,50,59,61);1H/t31?,32?,39-;/m0./s1. The van der Waals surface area contributed by atoms with Crippen molar-refractivity contribution in [2.75, 3.05) is 74.5 Å². The van der Waals surface area contributed by atoms with E-state index in [9.17, 15) is 19.2 Å². The van der Waals surface area contributed by atoms with Gasteiger partial charge in [0.15, 0.2) is 5.82 Å². The van der Waals surface area contributed by atoms with E-state index in [-0.39, 0.29) is 48.1 Å². The quantitative estimate of drug-likeness (QED) is 0.221. The minimum absolute atomic E-state index is 0. The molecule has 17 nitrogen and oxygen atoms in total. The maximum atomic E-state index is 13.8. The Bertz CT molecular complexity index is 2390. The number of amides is 4. The third-order valence-electron chi connectivity index (χ3n) is 14.3. The van der Waals surface area contributed by atoms with E-state index in [2.05, 4.69) is 41.4 Å². The van der Waals surface area contributed by atoms with Gasteiger partial charge in [-0.05, 0) is 107 Å². The molecule has 0 spiro atoms. The number of imide groups is 1. The SMILES string of the molecule is Cl.Nc1nnc(-c2ccccc2OC(=O)N2CCC(N3CCCCC3)CC2)cc1-n1cc(N2CCN(C3CCC(c4cccc5c4OCCN5[C@H]4CCC(=O)NC4=O)CC3)CC2=O)cn1. The van der Waals surface area contributed by atoms with Crippen LogP contribution in [0.5, 0.6) is 11.5 Å². The zero-order chi connectivity index (χ0) is 43.7. The number of nitrogen functional groups attached to an aromatic ring is 1. The number of likely N-dealkylation sites (tertiary alicyclic amines) is 2. The molecule has 3 N–H and O–H groups in total. The molecule has 4 aromatic rings. The Morgan fingerprint density at radius 3 is 2.37 bits per heavy atom. The number of rotatable bonds is 8. The summed E-state index contributed by atoms with van der Waals surface area (Å²) in [5, 5.41) is 15.7. The van der Waals surface area contributed by atoms with E-state index >= 15 is 0 Å². The highest BCUT2D eigenvalue weighted by Gasteiger charge is 2.38. The number of nitrogens with one attached hydrogen (secondary N) is 1. The summed E-state index contributed by atoms with van der Waals surface area (Å²) in [4.78, 5) is 62.3. The number of aromatic nitrogens is 4. The van der Waals surface area contributed by atoms with Crippen molar-refractivity contribution in [3.05, 3.63) is 66.5 Å². The number of benzene rings is 2. The predicted molar refractivity (Wildman–Crippen MR) is 247 cm³/mol. The number of fused-ring (bicyclic) bond motifs is 1. The molecule has 2 aromatic heterocycles. The van der Waals surface area contributed by atoms with Crippen LogP contribution in [0.2, 0.25) is 0 Å². The number of nitrogens with zero attached hydrogens (tertiary/aromatic N) is 9. The molecule has 0 bridgehead atoms. The van der Waals surface area contributed by atoms with Crippen molar-refractivity contribution in [1.29, 1.82) is 0 Å². The van der Waals surface area contributed by atoms with Gasteiger partial charge in [-0.1, -0.05) is 30.7 Å². The first-order valence-electron chi connectivity index (χ1n) is 23.2. The van der Waals surface area contributed by atoms with Crippen LogP contribution in [0.4, 0.5) is 22.0 Å². The summed E-state index contributed by atoms with van der Waals surface area (Å²) < 4.78 is 13.9. The van der Waals surface area contributed by atoms with Crippen molar-refractivity contribution >= 4 is 53.4 Å². The first kappa shape index (κ1) is 44.4. The van der Waals surface area contributed by atoms with Crippen LogP contribution < -0.4 is 30.3 Å². The number of piperazine rings is 1. The van der Waals surface area contributed by atoms with Crippen molar-refractivity contribution < 1.29 is 28.7 Å². The molecular formula is C47H58ClN11O6. The lowest BCUT2D eigenvalue weighted by Gasteiger charge is -2.42. The van der Waals surface area contributed by atoms with Gasteiger partial charge in [0.1, 0.15) is 29.8 Å². The van der Waals surface area contributed by atoms with E-state index in [0.29, 0.717) is 98.6 Å². The number of piperidine rings is 3. The molecule has 0 unspecified atom stereocenters. The van der Waals surface area contributed by atoms with Gasteiger partial charge in [0, 0.05) is 50.2 Å². The van der Waals surface area contributed by atoms with Gasteiger partial charge in [-0.25, -0.2) is 9.48 Å². The summed E-state index contributed by atoms with van der Waals surface area (Å²) in [6, 6.07) is 15.7. The lowest BCUT2D eigenvalue weighted by molar-refractivity contribution is -0.134. The molecule has 4 saturated heterocycles. The van der Waals surface area contributed by atoms with Crippen LogP contribution in [0.15, 0.2) is 60.9 Å². The highest BCUT2D eigenvalue weighted by atomic mass is 35.5. The molecule has 10 rings (SSSR count). The number of carbonyl (C=O) groups is 4. The monoisotopic (exact) mass is 907 g/mol. The molecule has 65 heavy (non-hydrogen) atoms. The number of anilines is 3. The summed E-state index contributed by atoms with van der Waals surface area (Å²) in [7, 11) is 0. The molecule has 7 heterocycles. The summed E-state index contributed by atoms with van der Waals surface area (Å²) in [6.07, 6.45) is 13.5. The zero-order valence-electron chi connectivity index (χ0n) is 36.7. The number of carbonyl (C=O) groups excluding carboxylic acids is 4.